The number of hydrogen-bond acceptors (Lipinski definition) is 7. The van der Waals surface area contributed by atoms with Gasteiger partial charge in [-0.15, -0.1) is 10.2 Å². The minimum Gasteiger partial charge on any atom is -0.497 e. The third-order valence-corrected chi connectivity index (χ3v) is 6.53. The Balaban J connectivity index is 1.40. The second-order valence-electron chi connectivity index (χ2n) is 7.69. The number of benzene rings is 2. The smallest absolute Gasteiger partial charge is 0.321 e. The van der Waals surface area contributed by atoms with Crippen molar-refractivity contribution in [3.05, 3.63) is 58.3 Å². The first-order chi connectivity index (χ1) is 16.5. The van der Waals surface area contributed by atoms with Crippen molar-refractivity contribution in [2.45, 2.75) is 18.8 Å². The van der Waals surface area contributed by atoms with Gasteiger partial charge in [0.2, 0.25) is 5.01 Å². The van der Waals surface area contributed by atoms with Crippen molar-refractivity contribution in [3.8, 4) is 11.5 Å². The van der Waals surface area contributed by atoms with E-state index < -0.39 is 5.91 Å². The Morgan fingerprint density at radius 2 is 1.88 bits per heavy atom. The highest BCUT2D eigenvalue weighted by Crippen LogP contribution is 2.32. The molecule has 1 saturated heterocycles. The van der Waals surface area contributed by atoms with Gasteiger partial charge in [0.25, 0.3) is 5.91 Å². The van der Waals surface area contributed by atoms with Gasteiger partial charge in [-0.1, -0.05) is 11.3 Å². The van der Waals surface area contributed by atoms with Crippen molar-refractivity contribution < 1.29 is 23.5 Å². The van der Waals surface area contributed by atoms with E-state index in [4.69, 9.17) is 9.47 Å². The van der Waals surface area contributed by atoms with Gasteiger partial charge in [-0.2, -0.15) is 0 Å². The Bertz CT molecular complexity index is 1170. The standard InChI is InChI=1S/C23H24FN5O4S/c1-32-17-9-10-19(33-2)18(12-17)26-23(31)29-11-3-4-14(13-29)21-27-28-22(34-21)20(30)25-16-7-5-15(24)6-8-16/h5-10,12,14H,3-4,11,13H2,1-2H3,(H,25,30)(H,26,31)/t14-/m1/s1. The number of methoxy groups -OCH3 is 2. The number of aromatic nitrogens is 2. The van der Waals surface area contributed by atoms with Crippen molar-refractivity contribution in [1.82, 2.24) is 15.1 Å². The van der Waals surface area contributed by atoms with Gasteiger partial charge < -0.3 is 25.0 Å². The largest absolute Gasteiger partial charge is 0.497 e. The van der Waals surface area contributed by atoms with E-state index >= 15 is 0 Å². The van der Waals surface area contributed by atoms with E-state index in [1.807, 2.05) is 0 Å². The summed E-state index contributed by atoms with van der Waals surface area (Å²) in [6, 6.07) is 10.4. The molecule has 2 N–H and O–H groups in total. The average Bonchev–Trinajstić information content (AvgIpc) is 3.36. The first-order valence-corrected chi connectivity index (χ1v) is 11.5. The molecule has 4 rings (SSSR count). The first-order valence-electron chi connectivity index (χ1n) is 10.6. The number of ether oxygens (including phenoxy) is 2. The highest BCUT2D eigenvalue weighted by Gasteiger charge is 2.28. The molecule has 1 aliphatic rings. The number of nitrogens with zero attached hydrogens (tertiary/aromatic N) is 3. The summed E-state index contributed by atoms with van der Waals surface area (Å²) < 4.78 is 23.6. The summed E-state index contributed by atoms with van der Waals surface area (Å²) in [7, 11) is 3.09. The molecular formula is C23H24FN5O4S. The summed E-state index contributed by atoms with van der Waals surface area (Å²) in [5, 5.41) is 14.7. The molecule has 0 saturated carbocycles. The Morgan fingerprint density at radius 3 is 2.62 bits per heavy atom. The van der Waals surface area contributed by atoms with Crippen molar-refractivity contribution in [2.75, 3.05) is 37.9 Å². The molecule has 11 heteroatoms. The lowest BCUT2D eigenvalue weighted by atomic mass is 9.99. The molecule has 1 aliphatic heterocycles. The molecular weight excluding hydrogens is 461 g/mol. The van der Waals surface area contributed by atoms with Crippen LogP contribution in [0.1, 0.15) is 33.6 Å². The van der Waals surface area contributed by atoms with Gasteiger partial charge in [0.1, 0.15) is 22.3 Å². The van der Waals surface area contributed by atoms with Crippen LogP contribution in [0.15, 0.2) is 42.5 Å². The summed E-state index contributed by atoms with van der Waals surface area (Å²) in [5.74, 6) is 0.311. The molecule has 0 bridgehead atoms. The molecule has 0 aliphatic carbocycles. The second kappa shape index (κ2) is 10.5. The van der Waals surface area contributed by atoms with Crippen LogP contribution in [-0.2, 0) is 0 Å². The van der Waals surface area contributed by atoms with Crippen LogP contribution in [0.4, 0.5) is 20.6 Å². The minimum atomic E-state index is -0.411. The highest BCUT2D eigenvalue weighted by molar-refractivity contribution is 7.13. The first kappa shape index (κ1) is 23.4. The quantitative estimate of drug-likeness (QED) is 0.538. The molecule has 9 nitrogen and oxygen atoms in total. The predicted octanol–water partition coefficient (Wildman–Crippen LogP) is 4.36. The van der Waals surface area contributed by atoms with Crippen molar-refractivity contribution >= 4 is 34.6 Å². The average molecular weight is 486 g/mol. The number of carbonyl (C=O) groups is 2. The summed E-state index contributed by atoms with van der Waals surface area (Å²) in [6.45, 7) is 1.05. The van der Waals surface area contributed by atoms with Gasteiger partial charge in [-0.3, -0.25) is 4.79 Å². The van der Waals surface area contributed by atoms with E-state index in [-0.39, 0.29) is 22.8 Å². The van der Waals surface area contributed by atoms with Crippen molar-refractivity contribution in [2.24, 2.45) is 0 Å². The molecule has 0 spiro atoms. The van der Waals surface area contributed by atoms with Crippen LogP contribution in [0.25, 0.3) is 0 Å². The molecule has 3 aromatic rings. The van der Waals surface area contributed by atoms with E-state index in [2.05, 4.69) is 20.8 Å². The van der Waals surface area contributed by atoms with Gasteiger partial charge in [0.05, 0.1) is 19.9 Å². The number of hydrogen-bond donors (Lipinski definition) is 2. The van der Waals surface area contributed by atoms with E-state index in [1.54, 1.807) is 30.2 Å². The van der Waals surface area contributed by atoms with Crippen molar-refractivity contribution in [1.29, 1.82) is 0 Å². The second-order valence-corrected chi connectivity index (χ2v) is 8.70. The molecule has 1 fully saturated rings. The molecule has 3 amide bonds. The van der Waals surface area contributed by atoms with E-state index in [9.17, 15) is 14.0 Å². The molecule has 34 heavy (non-hydrogen) atoms. The summed E-state index contributed by atoms with van der Waals surface area (Å²) in [6.07, 6.45) is 1.63. The third kappa shape index (κ3) is 5.42. The van der Waals surface area contributed by atoms with Crippen LogP contribution in [0.2, 0.25) is 0 Å². The van der Waals surface area contributed by atoms with Crippen LogP contribution >= 0.6 is 11.3 Å². The maximum Gasteiger partial charge on any atom is 0.321 e. The number of anilines is 2. The minimum absolute atomic E-state index is 0.0309. The Labute approximate surface area is 199 Å². The number of halogens is 1. The maximum absolute atomic E-state index is 13.1. The zero-order chi connectivity index (χ0) is 24.1. The van der Waals surface area contributed by atoms with Crippen LogP contribution in [0, 0.1) is 5.82 Å². The lowest BCUT2D eigenvalue weighted by molar-refractivity contribution is 0.102. The van der Waals surface area contributed by atoms with Gasteiger partial charge in [-0.05, 0) is 49.2 Å². The number of piperidine rings is 1. The van der Waals surface area contributed by atoms with Crippen LogP contribution in [0.3, 0.4) is 0 Å². The molecule has 1 atom stereocenters. The molecule has 1 aromatic heterocycles. The molecule has 0 unspecified atom stereocenters. The zero-order valence-corrected chi connectivity index (χ0v) is 19.5. The number of rotatable bonds is 6. The van der Waals surface area contributed by atoms with E-state index in [0.29, 0.717) is 41.0 Å². The van der Waals surface area contributed by atoms with E-state index in [1.165, 1.54) is 42.7 Å². The molecule has 0 radical (unpaired) electrons. The molecule has 2 heterocycles. The number of carbonyl (C=O) groups excluding carboxylic acids is 2. The number of urea groups is 1. The lowest BCUT2D eigenvalue weighted by Crippen LogP contribution is -2.41. The van der Waals surface area contributed by atoms with E-state index in [0.717, 1.165) is 12.8 Å². The fourth-order valence-electron chi connectivity index (χ4n) is 3.68. The molecule has 178 valence electrons. The number of likely N-dealkylation sites (tertiary alicyclic amines) is 1. The van der Waals surface area contributed by atoms with Crippen LogP contribution in [-0.4, -0.2) is 54.3 Å². The number of nitrogens with one attached hydrogen (secondary N) is 2. The van der Waals surface area contributed by atoms with Gasteiger partial charge in [0.15, 0.2) is 0 Å². The normalized spacial score (nSPS) is 15.5. The predicted molar refractivity (Wildman–Crippen MR) is 126 cm³/mol. The molecule has 2 aromatic carbocycles. The Morgan fingerprint density at radius 1 is 1.09 bits per heavy atom. The fourth-order valence-corrected chi connectivity index (χ4v) is 4.54. The highest BCUT2D eigenvalue weighted by atomic mass is 32.1. The SMILES string of the molecule is COc1ccc(OC)c(NC(=O)N2CCC[C@@H](c3nnc(C(=O)Nc4ccc(F)cc4)s3)C2)c1. The van der Waals surface area contributed by atoms with Crippen LogP contribution in [0.5, 0.6) is 11.5 Å². The maximum atomic E-state index is 13.1. The number of amides is 3. The topological polar surface area (TPSA) is 106 Å². The Hall–Kier alpha value is -3.73. The zero-order valence-electron chi connectivity index (χ0n) is 18.7. The monoisotopic (exact) mass is 485 g/mol. The van der Waals surface area contributed by atoms with Crippen LogP contribution < -0.4 is 20.1 Å². The Kier molecular flexibility index (Phi) is 7.21. The summed E-state index contributed by atoms with van der Waals surface area (Å²) in [5.41, 5.74) is 0.987. The van der Waals surface area contributed by atoms with Crippen molar-refractivity contribution in [3.63, 3.8) is 0 Å². The lowest BCUT2D eigenvalue weighted by Gasteiger charge is -2.31. The third-order valence-electron chi connectivity index (χ3n) is 5.44. The van der Waals surface area contributed by atoms with Gasteiger partial charge in [-0.25, -0.2) is 9.18 Å². The summed E-state index contributed by atoms with van der Waals surface area (Å²) >= 11 is 1.20. The van der Waals surface area contributed by atoms with Gasteiger partial charge >= 0.3 is 6.03 Å². The fraction of sp³-hybridized carbons (Fsp3) is 0.304. The van der Waals surface area contributed by atoms with Gasteiger partial charge in [0, 0.05) is 30.8 Å². The summed E-state index contributed by atoms with van der Waals surface area (Å²) in [4.78, 5) is 27.2.